The highest BCUT2D eigenvalue weighted by atomic mass is 16.6. The van der Waals surface area contributed by atoms with Gasteiger partial charge in [0.2, 0.25) is 5.91 Å². The number of rotatable bonds is 5. The summed E-state index contributed by atoms with van der Waals surface area (Å²) in [5.74, 6) is -2.05. The van der Waals surface area contributed by atoms with Gasteiger partial charge in [0.25, 0.3) is 5.69 Å². The Balaban J connectivity index is 3.50. The monoisotopic (exact) mass is 298 g/mol. The van der Waals surface area contributed by atoms with E-state index in [0.717, 1.165) is 19.2 Å². The van der Waals surface area contributed by atoms with E-state index in [1.54, 1.807) is 0 Å². The third-order valence-corrected chi connectivity index (χ3v) is 2.96. The van der Waals surface area contributed by atoms with E-state index in [0.29, 0.717) is 0 Å². The predicted octanol–water partition coefficient (Wildman–Crippen LogP) is -0.431. The second kappa shape index (κ2) is 6.29. The molecule has 1 rings (SSSR count). The van der Waals surface area contributed by atoms with Crippen molar-refractivity contribution in [3.05, 3.63) is 38.9 Å². The first kappa shape index (κ1) is 16.5. The largest absolute Gasteiger partial charge is 0.465 e. The number of amides is 1. The average molecular weight is 298 g/mol. The maximum Gasteiger partial charge on any atom is 0.338 e. The molecule has 0 bridgehead atoms. The molecule has 0 spiro atoms. The average Bonchev–Trinajstić information content (AvgIpc) is 2.44. The van der Waals surface area contributed by atoms with E-state index in [9.17, 15) is 29.9 Å². The number of aliphatic hydroxyl groups excluding tert-OH is 2. The standard InChI is InChI=1S/C12H14N2O7/c1-5-7(9(15)10(16)11(13)17)3-6(14(19)20)4-8(5)12(18)21-2/h3-4,9-10,15-16H,1-2H3,(H2,13,17). The van der Waals surface area contributed by atoms with Crippen LogP contribution in [0.3, 0.4) is 0 Å². The number of nitrogens with two attached hydrogens (primary N) is 1. The van der Waals surface area contributed by atoms with Crippen LogP contribution in [-0.2, 0) is 9.53 Å². The van der Waals surface area contributed by atoms with Crippen molar-refractivity contribution in [3.63, 3.8) is 0 Å². The molecular formula is C12H14N2O7. The first-order chi connectivity index (χ1) is 9.70. The van der Waals surface area contributed by atoms with Gasteiger partial charge in [0.15, 0.2) is 6.10 Å². The smallest absolute Gasteiger partial charge is 0.338 e. The van der Waals surface area contributed by atoms with Crippen LogP contribution < -0.4 is 5.73 Å². The number of carbonyl (C=O) groups is 2. The molecule has 2 unspecified atom stereocenters. The highest BCUT2D eigenvalue weighted by Crippen LogP contribution is 2.29. The molecule has 0 aliphatic heterocycles. The number of aliphatic hydroxyl groups is 2. The number of hydrogen-bond donors (Lipinski definition) is 3. The lowest BCUT2D eigenvalue weighted by atomic mass is 9.94. The maximum absolute atomic E-state index is 11.6. The lowest BCUT2D eigenvalue weighted by Gasteiger charge is -2.18. The summed E-state index contributed by atoms with van der Waals surface area (Å²) >= 11 is 0. The summed E-state index contributed by atoms with van der Waals surface area (Å²) in [4.78, 5) is 32.6. The number of nitro groups is 1. The zero-order valence-corrected chi connectivity index (χ0v) is 11.3. The van der Waals surface area contributed by atoms with Gasteiger partial charge in [-0.25, -0.2) is 4.79 Å². The Labute approximate surface area is 119 Å². The Morgan fingerprint density at radius 2 is 1.95 bits per heavy atom. The van der Waals surface area contributed by atoms with Crippen LogP contribution in [0.5, 0.6) is 0 Å². The molecule has 9 nitrogen and oxygen atoms in total. The molecule has 1 aromatic carbocycles. The van der Waals surface area contributed by atoms with Crippen LogP contribution in [0.1, 0.15) is 27.6 Å². The molecular weight excluding hydrogens is 284 g/mol. The SMILES string of the molecule is COC(=O)c1cc([N+](=O)[O-])cc(C(O)C(O)C(N)=O)c1C. The van der Waals surface area contributed by atoms with Crippen LogP contribution in [0.25, 0.3) is 0 Å². The van der Waals surface area contributed by atoms with Gasteiger partial charge in [-0.3, -0.25) is 14.9 Å². The van der Waals surface area contributed by atoms with Crippen molar-refractivity contribution in [2.24, 2.45) is 5.73 Å². The second-order valence-corrected chi connectivity index (χ2v) is 4.25. The normalized spacial score (nSPS) is 13.3. The van der Waals surface area contributed by atoms with Crippen LogP contribution in [0.2, 0.25) is 0 Å². The highest BCUT2D eigenvalue weighted by Gasteiger charge is 2.29. The maximum atomic E-state index is 11.6. The Morgan fingerprint density at radius 1 is 1.38 bits per heavy atom. The summed E-state index contributed by atoms with van der Waals surface area (Å²) in [7, 11) is 1.09. The number of nitrogens with zero attached hydrogens (tertiary/aromatic N) is 1. The fraction of sp³-hybridized carbons (Fsp3) is 0.333. The van der Waals surface area contributed by atoms with Gasteiger partial charge in [0.1, 0.15) is 6.10 Å². The third-order valence-electron chi connectivity index (χ3n) is 2.96. The number of non-ortho nitro benzene ring substituents is 1. The minimum absolute atomic E-state index is 0.139. The molecule has 2 atom stereocenters. The van der Waals surface area contributed by atoms with Crippen LogP contribution in [0, 0.1) is 17.0 Å². The first-order valence-corrected chi connectivity index (χ1v) is 5.73. The van der Waals surface area contributed by atoms with E-state index in [1.807, 2.05) is 0 Å². The highest BCUT2D eigenvalue weighted by molar-refractivity contribution is 5.92. The van der Waals surface area contributed by atoms with E-state index in [4.69, 9.17) is 5.73 Å². The van der Waals surface area contributed by atoms with Crippen LogP contribution in [0.4, 0.5) is 5.69 Å². The fourth-order valence-corrected chi connectivity index (χ4v) is 1.78. The summed E-state index contributed by atoms with van der Waals surface area (Å²) in [6.07, 6.45) is -3.76. The van der Waals surface area contributed by atoms with E-state index in [2.05, 4.69) is 4.74 Å². The van der Waals surface area contributed by atoms with Gasteiger partial charge in [-0.1, -0.05) is 0 Å². The molecule has 0 saturated heterocycles. The lowest BCUT2D eigenvalue weighted by molar-refractivity contribution is -0.385. The molecule has 0 aliphatic rings. The summed E-state index contributed by atoms with van der Waals surface area (Å²) < 4.78 is 4.50. The van der Waals surface area contributed by atoms with Crippen molar-refractivity contribution in [2.75, 3.05) is 7.11 Å². The fourth-order valence-electron chi connectivity index (χ4n) is 1.78. The number of methoxy groups -OCH3 is 1. The number of ether oxygens (including phenoxy) is 1. The zero-order valence-electron chi connectivity index (χ0n) is 11.3. The molecule has 0 saturated carbocycles. The van der Waals surface area contributed by atoms with E-state index in [-0.39, 0.29) is 16.7 Å². The predicted molar refractivity (Wildman–Crippen MR) is 69.3 cm³/mol. The molecule has 0 aromatic heterocycles. The van der Waals surface area contributed by atoms with E-state index < -0.39 is 34.7 Å². The van der Waals surface area contributed by atoms with E-state index >= 15 is 0 Å². The number of primary amides is 1. The van der Waals surface area contributed by atoms with Crippen molar-refractivity contribution in [1.82, 2.24) is 0 Å². The van der Waals surface area contributed by atoms with Gasteiger partial charge < -0.3 is 20.7 Å². The van der Waals surface area contributed by atoms with Crippen molar-refractivity contribution in [2.45, 2.75) is 19.1 Å². The lowest BCUT2D eigenvalue weighted by Crippen LogP contribution is -2.34. The Morgan fingerprint density at radius 3 is 2.38 bits per heavy atom. The summed E-state index contributed by atoms with van der Waals surface area (Å²) in [6, 6.07) is 1.94. The number of hydrogen-bond acceptors (Lipinski definition) is 7. The first-order valence-electron chi connectivity index (χ1n) is 5.73. The van der Waals surface area contributed by atoms with Crippen LogP contribution in [0.15, 0.2) is 12.1 Å². The number of benzene rings is 1. The molecule has 1 amide bonds. The van der Waals surface area contributed by atoms with Gasteiger partial charge in [0.05, 0.1) is 17.6 Å². The minimum Gasteiger partial charge on any atom is -0.465 e. The van der Waals surface area contributed by atoms with Crippen LogP contribution in [-0.4, -0.2) is 40.2 Å². The quantitative estimate of drug-likeness (QED) is 0.378. The van der Waals surface area contributed by atoms with Gasteiger partial charge in [-0.05, 0) is 18.1 Å². The molecule has 21 heavy (non-hydrogen) atoms. The Kier molecular flexibility index (Phi) is 4.95. The molecule has 0 heterocycles. The zero-order chi connectivity index (χ0) is 16.3. The van der Waals surface area contributed by atoms with Crippen molar-refractivity contribution >= 4 is 17.6 Å². The molecule has 0 radical (unpaired) electrons. The van der Waals surface area contributed by atoms with Crippen molar-refractivity contribution in [1.29, 1.82) is 0 Å². The van der Waals surface area contributed by atoms with Crippen LogP contribution >= 0.6 is 0 Å². The summed E-state index contributed by atoms with van der Waals surface area (Å²) in [6.45, 7) is 1.39. The summed E-state index contributed by atoms with van der Waals surface area (Å²) in [5, 5.41) is 30.2. The van der Waals surface area contributed by atoms with Gasteiger partial charge in [0, 0.05) is 12.1 Å². The summed E-state index contributed by atoms with van der Waals surface area (Å²) in [5.41, 5.74) is 4.21. The van der Waals surface area contributed by atoms with Crippen molar-refractivity contribution in [3.8, 4) is 0 Å². The molecule has 114 valence electrons. The van der Waals surface area contributed by atoms with Gasteiger partial charge >= 0.3 is 5.97 Å². The molecule has 4 N–H and O–H groups in total. The minimum atomic E-state index is -1.96. The van der Waals surface area contributed by atoms with Gasteiger partial charge in [-0.2, -0.15) is 0 Å². The van der Waals surface area contributed by atoms with Crippen molar-refractivity contribution < 1.29 is 29.5 Å². The number of carbonyl (C=O) groups excluding carboxylic acids is 2. The number of nitro benzene ring substituents is 1. The number of esters is 1. The molecule has 9 heteroatoms. The van der Waals surface area contributed by atoms with E-state index in [1.165, 1.54) is 6.92 Å². The third kappa shape index (κ3) is 3.33. The topological polar surface area (TPSA) is 153 Å². The molecule has 0 fully saturated rings. The molecule has 1 aromatic rings. The molecule has 0 aliphatic carbocycles. The second-order valence-electron chi connectivity index (χ2n) is 4.25. The Bertz CT molecular complexity index is 600. The van der Waals surface area contributed by atoms with Gasteiger partial charge in [-0.15, -0.1) is 0 Å². The Hall–Kier alpha value is -2.52.